The van der Waals surface area contributed by atoms with Crippen LogP contribution >= 0.6 is 0 Å². The van der Waals surface area contributed by atoms with Crippen molar-refractivity contribution in [3.05, 3.63) is 23.8 Å². The monoisotopic (exact) mass is 410 g/mol. The number of hydrogen-bond acceptors (Lipinski definition) is 4. The van der Waals surface area contributed by atoms with E-state index in [1.54, 1.807) is 0 Å². The van der Waals surface area contributed by atoms with Gasteiger partial charge in [0.05, 0.1) is 13.0 Å². The number of methoxy groups -OCH3 is 1. The van der Waals surface area contributed by atoms with Crippen molar-refractivity contribution in [1.29, 1.82) is 0 Å². The molecule has 1 saturated heterocycles. The molecular weight excluding hydrogens is 391 g/mol. The third-order valence-electron chi connectivity index (χ3n) is 4.17. The minimum Gasteiger partial charge on any atom is -0.493 e. The lowest BCUT2D eigenvalue weighted by atomic mass is 10.1. The van der Waals surface area contributed by atoms with E-state index in [1.165, 1.54) is 37.3 Å². The fraction of sp³-hybridized carbons (Fsp3) is 0.529. The summed E-state index contributed by atoms with van der Waals surface area (Å²) >= 11 is 0. The SMILES string of the molecule is COc1cc(CN(C)C(=O)C2CC(=O)N(CC(F)(F)F)C2)ccc1OC(F)F. The molecular formula is C17H19F5N2O4. The Kier molecular flexibility index (Phi) is 6.68. The summed E-state index contributed by atoms with van der Waals surface area (Å²) in [6.07, 6.45) is -4.82. The van der Waals surface area contributed by atoms with Gasteiger partial charge in [0, 0.05) is 26.6 Å². The van der Waals surface area contributed by atoms with E-state index in [-0.39, 0.29) is 31.0 Å². The molecule has 6 nitrogen and oxygen atoms in total. The van der Waals surface area contributed by atoms with Crippen molar-refractivity contribution in [2.45, 2.75) is 25.8 Å². The number of benzene rings is 1. The number of halogens is 5. The third-order valence-corrected chi connectivity index (χ3v) is 4.17. The van der Waals surface area contributed by atoms with Crippen LogP contribution in [0.4, 0.5) is 22.0 Å². The van der Waals surface area contributed by atoms with E-state index in [4.69, 9.17) is 4.74 Å². The number of carbonyl (C=O) groups excluding carboxylic acids is 2. The van der Waals surface area contributed by atoms with Crippen LogP contribution in [0.15, 0.2) is 18.2 Å². The van der Waals surface area contributed by atoms with Crippen LogP contribution in [0.25, 0.3) is 0 Å². The number of amides is 2. The molecule has 1 unspecified atom stereocenters. The summed E-state index contributed by atoms with van der Waals surface area (Å²) in [5, 5.41) is 0. The summed E-state index contributed by atoms with van der Waals surface area (Å²) < 4.78 is 71.5. The molecule has 0 saturated carbocycles. The molecule has 0 aliphatic carbocycles. The summed E-state index contributed by atoms with van der Waals surface area (Å²) in [4.78, 5) is 26.1. The number of nitrogens with zero attached hydrogens (tertiary/aromatic N) is 2. The zero-order chi connectivity index (χ0) is 21.1. The Balaban J connectivity index is 2.02. The maximum absolute atomic E-state index is 12.5. The molecule has 0 spiro atoms. The van der Waals surface area contributed by atoms with Crippen molar-refractivity contribution in [2.75, 3.05) is 27.2 Å². The zero-order valence-corrected chi connectivity index (χ0v) is 15.1. The standard InChI is InChI=1S/C17H19F5N2O4/c1-23(7-10-3-4-12(28-16(18)19)13(5-10)27-2)15(26)11-6-14(25)24(8-11)9-17(20,21)22/h3-5,11,16H,6-9H2,1-2H3. The van der Waals surface area contributed by atoms with Crippen LogP contribution in [0, 0.1) is 5.92 Å². The number of hydrogen-bond donors (Lipinski definition) is 0. The van der Waals surface area contributed by atoms with E-state index in [9.17, 15) is 31.5 Å². The van der Waals surface area contributed by atoms with E-state index in [2.05, 4.69) is 4.74 Å². The molecule has 1 aliphatic heterocycles. The van der Waals surface area contributed by atoms with Crippen molar-refractivity contribution in [2.24, 2.45) is 5.92 Å². The summed E-state index contributed by atoms with van der Waals surface area (Å²) in [7, 11) is 2.71. The van der Waals surface area contributed by atoms with Crippen LogP contribution in [0.1, 0.15) is 12.0 Å². The second kappa shape index (κ2) is 8.61. The van der Waals surface area contributed by atoms with Crippen molar-refractivity contribution < 1.29 is 41.0 Å². The largest absolute Gasteiger partial charge is 0.493 e. The highest BCUT2D eigenvalue weighted by atomic mass is 19.4. The number of carbonyl (C=O) groups is 2. The van der Waals surface area contributed by atoms with Crippen LogP contribution in [0.2, 0.25) is 0 Å². The molecule has 2 amide bonds. The number of ether oxygens (including phenoxy) is 2. The number of rotatable bonds is 7. The minimum absolute atomic E-state index is 0.0473. The van der Waals surface area contributed by atoms with Crippen LogP contribution < -0.4 is 9.47 Å². The fourth-order valence-electron chi connectivity index (χ4n) is 2.97. The fourth-order valence-corrected chi connectivity index (χ4v) is 2.97. The average Bonchev–Trinajstić information content (AvgIpc) is 2.93. The van der Waals surface area contributed by atoms with Gasteiger partial charge in [-0.15, -0.1) is 0 Å². The quantitative estimate of drug-likeness (QED) is 0.649. The first-order valence-electron chi connectivity index (χ1n) is 8.21. The average molecular weight is 410 g/mol. The van der Waals surface area contributed by atoms with Gasteiger partial charge in [0.15, 0.2) is 11.5 Å². The van der Waals surface area contributed by atoms with E-state index in [1.807, 2.05) is 0 Å². The molecule has 1 aromatic carbocycles. The Hall–Kier alpha value is -2.59. The zero-order valence-electron chi connectivity index (χ0n) is 15.1. The summed E-state index contributed by atoms with van der Waals surface area (Å²) in [6.45, 7) is -4.66. The molecule has 2 rings (SSSR count). The highest BCUT2D eigenvalue weighted by Gasteiger charge is 2.41. The van der Waals surface area contributed by atoms with E-state index in [0.717, 1.165) is 0 Å². The van der Waals surface area contributed by atoms with E-state index in [0.29, 0.717) is 10.5 Å². The summed E-state index contributed by atoms with van der Waals surface area (Å²) in [5.74, 6) is -2.20. The predicted octanol–water partition coefficient (Wildman–Crippen LogP) is 2.67. The van der Waals surface area contributed by atoms with Crippen LogP contribution in [0.5, 0.6) is 11.5 Å². The van der Waals surface area contributed by atoms with Gasteiger partial charge in [0.25, 0.3) is 0 Å². The third kappa shape index (κ3) is 5.70. The second-order valence-electron chi connectivity index (χ2n) is 6.35. The Morgan fingerprint density at radius 2 is 2.00 bits per heavy atom. The maximum Gasteiger partial charge on any atom is 0.406 e. The molecule has 0 bridgehead atoms. The van der Waals surface area contributed by atoms with Gasteiger partial charge in [0.2, 0.25) is 11.8 Å². The molecule has 0 radical (unpaired) electrons. The number of likely N-dealkylation sites (tertiary alicyclic amines) is 1. The van der Waals surface area contributed by atoms with Crippen LogP contribution in [0.3, 0.4) is 0 Å². The second-order valence-corrected chi connectivity index (χ2v) is 6.35. The van der Waals surface area contributed by atoms with Gasteiger partial charge in [-0.25, -0.2) is 0 Å². The first kappa shape index (κ1) is 21.7. The molecule has 0 N–H and O–H groups in total. The van der Waals surface area contributed by atoms with E-state index >= 15 is 0 Å². The Morgan fingerprint density at radius 3 is 2.57 bits per heavy atom. The minimum atomic E-state index is -4.53. The molecule has 1 aromatic rings. The van der Waals surface area contributed by atoms with Gasteiger partial charge < -0.3 is 19.3 Å². The van der Waals surface area contributed by atoms with Gasteiger partial charge in [-0.05, 0) is 17.7 Å². The van der Waals surface area contributed by atoms with Crippen molar-refractivity contribution in [3.8, 4) is 11.5 Å². The molecule has 28 heavy (non-hydrogen) atoms. The molecule has 11 heteroatoms. The van der Waals surface area contributed by atoms with Crippen molar-refractivity contribution in [1.82, 2.24) is 9.80 Å². The normalized spacial score (nSPS) is 17.2. The summed E-state index contributed by atoms with van der Waals surface area (Å²) in [5.41, 5.74) is 0.533. The van der Waals surface area contributed by atoms with Crippen LogP contribution in [-0.4, -0.2) is 61.6 Å². The molecule has 156 valence electrons. The molecule has 1 heterocycles. The van der Waals surface area contributed by atoms with Crippen molar-refractivity contribution >= 4 is 11.8 Å². The maximum atomic E-state index is 12.5. The lowest BCUT2D eigenvalue weighted by Crippen LogP contribution is -2.37. The highest BCUT2D eigenvalue weighted by Crippen LogP contribution is 2.30. The highest BCUT2D eigenvalue weighted by molar-refractivity contribution is 5.89. The van der Waals surface area contributed by atoms with Gasteiger partial charge >= 0.3 is 12.8 Å². The Bertz CT molecular complexity index is 726. The molecule has 1 aliphatic rings. The Morgan fingerprint density at radius 1 is 1.32 bits per heavy atom. The molecule has 1 atom stereocenters. The smallest absolute Gasteiger partial charge is 0.406 e. The van der Waals surface area contributed by atoms with E-state index < -0.39 is 37.1 Å². The predicted molar refractivity (Wildman–Crippen MR) is 86.8 cm³/mol. The van der Waals surface area contributed by atoms with Gasteiger partial charge in [-0.1, -0.05) is 6.07 Å². The lowest BCUT2D eigenvalue weighted by Gasteiger charge is -2.22. The van der Waals surface area contributed by atoms with Gasteiger partial charge in [-0.2, -0.15) is 22.0 Å². The molecule has 1 fully saturated rings. The Labute approximate surface area is 157 Å². The summed E-state index contributed by atoms with van der Waals surface area (Å²) in [6, 6.07) is 4.14. The van der Waals surface area contributed by atoms with Crippen molar-refractivity contribution in [3.63, 3.8) is 0 Å². The lowest BCUT2D eigenvalue weighted by molar-refractivity contribution is -0.157. The topological polar surface area (TPSA) is 59.1 Å². The number of alkyl halides is 5. The molecule has 0 aromatic heterocycles. The van der Waals surface area contributed by atoms with Gasteiger partial charge in [0.1, 0.15) is 6.54 Å². The first-order chi connectivity index (χ1) is 13.0. The van der Waals surface area contributed by atoms with Crippen LogP contribution in [-0.2, 0) is 16.1 Å². The first-order valence-corrected chi connectivity index (χ1v) is 8.21. The van der Waals surface area contributed by atoms with Gasteiger partial charge in [-0.3, -0.25) is 9.59 Å².